The summed E-state index contributed by atoms with van der Waals surface area (Å²) in [6.45, 7) is 12.3. The summed E-state index contributed by atoms with van der Waals surface area (Å²) in [7, 11) is 0. The Labute approximate surface area is 126 Å². The molecule has 0 spiro atoms. The lowest BCUT2D eigenvalue weighted by Crippen LogP contribution is -2.35. The molecular weight excluding hydrogens is 273 g/mol. The second kappa shape index (κ2) is 5.31. The average molecular weight is 298 g/mol. The summed E-state index contributed by atoms with van der Waals surface area (Å²) in [4.78, 5) is 0. The standard InChI is InChI=1S/C17H25ClFN/c1-6-20-13(15-16(2,3)17(15,4)5)10-11-8-7-9-12(19)14(11)18/h7-9,13,15,20H,6,10H2,1-5H3. The van der Waals surface area contributed by atoms with Gasteiger partial charge in [-0.3, -0.25) is 0 Å². The molecule has 0 aromatic heterocycles. The van der Waals surface area contributed by atoms with Gasteiger partial charge in [0, 0.05) is 6.04 Å². The van der Waals surface area contributed by atoms with Gasteiger partial charge in [-0.1, -0.05) is 58.4 Å². The lowest BCUT2D eigenvalue weighted by Gasteiger charge is -2.21. The number of hydrogen-bond acceptors (Lipinski definition) is 1. The topological polar surface area (TPSA) is 12.0 Å². The van der Waals surface area contributed by atoms with Gasteiger partial charge in [-0.15, -0.1) is 0 Å². The van der Waals surface area contributed by atoms with Crippen LogP contribution in [0.15, 0.2) is 18.2 Å². The molecule has 1 aliphatic rings. The highest BCUT2D eigenvalue weighted by atomic mass is 35.5. The Morgan fingerprint density at radius 2 is 1.85 bits per heavy atom. The highest BCUT2D eigenvalue weighted by Crippen LogP contribution is 2.69. The molecule has 1 aromatic rings. The van der Waals surface area contributed by atoms with Gasteiger partial charge in [0.1, 0.15) is 5.82 Å². The van der Waals surface area contributed by atoms with Crippen LogP contribution in [0.5, 0.6) is 0 Å². The fraction of sp³-hybridized carbons (Fsp3) is 0.647. The van der Waals surface area contributed by atoms with Crippen molar-refractivity contribution in [3.63, 3.8) is 0 Å². The van der Waals surface area contributed by atoms with Crippen LogP contribution in [0.3, 0.4) is 0 Å². The summed E-state index contributed by atoms with van der Waals surface area (Å²) in [6, 6.07) is 5.42. The van der Waals surface area contributed by atoms with Gasteiger partial charge < -0.3 is 5.32 Å². The Kier molecular flexibility index (Phi) is 4.19. The Balaban J connectivity index is 2.22. The first-order valence-electron chi connectivity index (χ1n) is 7.39. The van der Waals surface area contributed by atoms with E-state index in [0.717, 1.165) is 18.5 Å². The molecule has 1 N–H and O–H groups in total. The predicted octanol–water partition coefficient (Wildman–Crippen LogP) is 4.68. The second-order valence-corrected chi connectivity index (χ2v) is 7.38. The molecule has 1 aromatic carbocycles. The van der Waals surface area contributed by atoms with Gasteiger partial charge in [-0.25, -0.2) is 4.39 Å². The summed E-state index contributed by atoms with van der Waals surface area (Å²) < 4.78 is 13.6. The zero-order chi connectivity index (χ0) is 15.1. The first-order valence-corrected chi connectivity index (χ1v) is 7.77. The van der Waals surface area contributed by atoms with E-state index in [1.165, 1.54) is 6.07 Å². The van der Waals surface area contributed by atoms with E-state index < -0.39 is 0 Å². The van der Waals surface area contributed by atoms with E-state index in [1.54, 1.807) is 6.07 Å². The van der Waals surface area contributed by atoms with Gasteiger partial charge >= 0.3 is 0 Å². The van der Waals surface area contributed by atoms with Crippen LogP contribution in [0, 0.1) is 22.6 Å². The normalized spacial score (nSPS) is 21.8. The second-order valence-electron chi connectivity index (χ2n) is 7.00. The molecule has 0 aliphatic heterocycles. The van der Waals surface area contributed by atoms with Gasteiger partial charge in [0.15, 0.2) is 0 Å². The molecule has 0 saturated heterocycles. The summed E-state index contributed by atoms with van der Waals surface area (Å²) in [6.07, 6.45) is 0.780. The van der Waals surface area contributed by atoms with E-state index in [4.69, 9.17) is 11.6 Å². The van der Waals surface area contributed by atoms with Crippen molar-refractivity contribution in [1.82, 2.24) is 5.32 Å². The van der Waals surface area contributed by atoms with E-state index in [2.05, 4.69) is 39.9 Å². The van der Waals surface area contributed by atoms with Crippen LogP contribution in [0.1, 0.15) is 40.2 Å². The number of rotatable bonds is 5. The van der Waals surface area contributed by atoms with Gasteiger partial charge in [0.2, 0.25) is 0 Å². The van der Waals surface area contributed by atoms with E-state index in [1.807, 2.05) is 6.07 Å². The minimum atomic E-state index is -0.325. The summed E-state index contributed by atoms with van der Waals surface area (Å²) in [5.41, 5.74) is 1.51. The highest BCUT2D eigenvalue weighted by Gasteiger charge is 2.66. The maximum Gasteiger partial charge on any atom is 0.142 e. The number of likely N-dealkylation sites (N-methyl/N-ethyl adjacent to an activating group) is 1. The molecule has 1 atom stereocenters. The van der Waals surface area contributed by atoms with Crippen LogP contribution >= 0.6 is 11.6 Å². The quantitative estimate of drug-likeness (QED) is 0.832. The lowest BCUT2D eigenvalue weighted by atomic mass is 9.96. The Hall–Kier alpha value is -0.600. The summed E-state index contributed by atoms with van der Waals surface area (Å²) in [5.74, 6) is 0.253. The number of benzene rings is 1. The molecule has 112 valence electrons. The van der Waals surface area contributed by atoms with E-state index in [-0.39, 0.29) is 10.8 Å². The van der Waals surface area contributed by atoms with Gasteiger partial charge in [-0.05, 0) is 41.3 Å². The van der Waals surface area contributed by atoms with Crippen LogP contribution < -0.4 is 5.32 Å². The highest BCUT2D eigenvalue weighted by molar-refractivity contribution is 6.31. The minimum absolute atomic E-state index is 0.270. The zero-order valence-electron chi connectivity index (χ0n) is 13.1. The fourth-order valence-electron chi connectivity index (χ4n) is 3.77. The Morgan fingerprint density at radius 3 is 2.35 bits per heavy atom. The van der Waals surface area contributed by atoms with Gasteiger partial charge in [0.25, 0.3) is 0 Å². The predicted molar refractivity (Wildman–Crippen MR) is 83.6 cm³/mol. The lowest BCUT2D eigenvalue weighted by molar-refractivity contribution is 0.402. The average Bonchev–Trinajstić information content (AvgIpc) is 2.75. The molecule has 1 nitrogen and oxygen atoms in total. The molecule has 0 amide bonds. The SMILES string of the molecule is CCNC(Cc1cccc(F)c1Cl)C1C(C)(C)C1(C)C. The molecule has 20 heavy (non-hydrogen) atoms. The van der Waals surface area contributed by atoms with E-state index in [0.29, 0.717) is 22.8 Å². The third-order valence-corrected chi connectivity index (χ3v) is 5.90. The van der Waals surface area contributed by atoms with E-state index >= 15 is 0 Å². The van der Waals surface area contributed by atoms with Crippen molar-refractivity contribution in [2.45, 2.75) is 47.1 Å². The molecule has 3 heteroatoms. The largest absolute Gasteiger partial charge is 0.314 e. The Morgan fingerprint density at radius 1 is 1.25 bits per heavy atom. The minimum Gasteiger partial charge on any atom is -0.314 e. The molecule has 0 bridgehead atoms. The molecule has 0 radical (unpaired) electrons. The maximum absolute atomic E-state index is 13.6. The van der Waals surface area contributed by atoms with Crippen LogP contribution in [0.2, 0.25) is 5.02 Å². The van der Waals surface area contributed by atoms with Gasteiger partial charge in [-0.2, -0.15) is 0 Å². The zero-order valence-corrected chi connectivity index (χ0v) is 13.8. The van der Waals surface area contributed by atoms with Crippen molar-refractivity contribution in [2.24, 2.45) is 16.7 Å². The molecule has 1 aliphatic carbocycles. The number of hydrogen-bond donors (Lipinski definition) is 1. The third kappa shape index (κ3) is 2.48. The van der Waals surface area contributed by atoms with Crippen LogP contribution in [-0.4, -0.2) is 12.6 Å². The van der Waals surface area contributed by atoms with Crippen molar-refractivity contribution in [3.05, 3.63) is 34.6 Å². The van der Waals surface area contributed by atoms with Crippen molar-refractivity contribution in [3.8, 4) is 0 Å². The molecule has 1 unspecified atom stereocenters. The van der Waals surface area contributed by atoms with Crippen molar-refractivity contribution in [1.29, 1.82) is 0 Å². The van der Waals surface area contributed by atoms with Crippen LogP contribution in [-0.2, 0) is 6.42 Å². The van der Waals surface area contributed by atoms with Crippen molar-refractivity contribution < 1.29 is 4.39 Å². The maximum atomic E-state index is 13.6. The Bertz CT molecular complexity index is 482. The van der Waals surface area contributed by atoms with Crippen LogP contribution in [0.4, 0.5) is 4.39 Å². The van der Waals surface area contributed by atoms with Crippen LogP contribution in [0.25, 0.3) is 0 Å². The molecule has 2 rings (SSSR count). The molecule has 0 heterocycles. The number of nitrogens with one attached hydrogen (secondary N) is 1. The first kappa shape index (κ1) is 15.8. The monoisotopic (exact) mass is 297 g/mol. The smallest absolute Gasteiger partial charge is 0.142 e. The number of halogens is 2. The van der Waals surface area contributed by atoms with Gasteiger partial charge in [0.05, 0.1) is 5.02 Å². The molecule has 1 fully saturated rings. The van der Waals surface area contributed by atoms with E-state index in [9.17, 15) is 4.39 Å². The summed E-state index contributed by atoms with van der Waals surface area (Å²) in [5, 5.41) is 3.84. The van der Waals surface area contributed by atoms with Crippen molar-refractivity contribution >= 4 is 11.6 Å². The van der Waals surface area contributed by atoms with Crippen molar-refractivity contribution in [2.75, 3.05) is 6.54 Å². The first-order chi connectivity index (χ1) is 9.23. The third-order valence-electron chi connectivity index (χ3n) is 5.47. The molecule has 1 saturated carbocycles. The molecular formula is C17H25ClFN. The fourth-order valence-corrected chi connectivity index (χ4v) is 3.97. The summed E-state index contributed by atoms with van der Waals surface area (Å²) >= 11 is 6.10.